The van der Waals surface area contributed by atoms with Crippen molar-refractivity contribution in [3.63, 3.8) is 0 Å². The van der Waals surface area contributed by atoms with E-state index in [1.807, 2.05) is 18.4 Å². The SMILES string of the molecule is CCc1nc(-c2ccsc2)co1. The van der Waals surface area contributed by atoms with E-state index in [2.05, 4.69) is 10.4 Å². The second kappa shape index (κ2) is 3.11. The van der Waals surface area contributed by atoms with Gasteiger partial charge >= 0.3 is 0 Å². The summed E-state index contributed by atoms with van der Waals surface area (Å²) in [5, 5.41) is 4.10. The van der Waals surface area contributed by atoms with Gasteiger partial charge in [0.05, 0.1) is 0 Å². The number of aryl methyl sites for hydroxylation is 1. The van der Waals surface area contributed by atoms with Crippen LogP contribution in [-0.2, 0) is 6.42 Å². The summed E-state index contributed by atoms with van der Waals surface area (Å²) >= 11 is 1.67. The van der Waals surface area contributed by atoms with Gasteiger partial charge in [0.2, 0.25) is 0 Å². The van der Waals surface area contributed by atoms with E-state index in [9.17, 15) is 0 Å². The summed E-state index contributed by atoms with van der Waals surface area (Å²) in [6.07, 6.45) is 2.56. The first kappa shape index (κ1) is 7.55. The van der Waals surface area contributed by atoms with Gasteiger partial charge in [0.25, 0.3) is 0 Å². The molecule has 2 heterocycles. The summed E-state index contributed by atoms with van der Waals surface area (Å²) in [5.41, 5.74) is 2.08. The molecule has 62 valence electrons. The molecule has 0 spiro atoms. The van der Waals surface area contributed by atoms with Crippen LogP contribution in [0.4, 0.5) is 0 Å². The first-order valence-electron chi connectivity index (χ1n) is 3.87. The van der Waals surface area contributed by atoms with Crippen LogP contribution in [0.2, 0.25) is 0 Å². The number of thiophene rings is 1. The lowest BCUT2D eigenvalue weighted by Crippen LogP contribution is -1.78. The molecule has 0 amide bonds. The van der Waals surface area contributed by atoms with Crippen molar-refractivity contribution >= 4 is 11.3 Å². The Hall–Kier alpha value is -1.09. The van der Waals surface area contributed by atoms with Crippen LogP contribution >= 0.6 is 11.3 Å². The van der Waals surface area contributed by atoms with Crippen LogP contribution in [0.15, 0.2) is 27.5 Å². The van der Waals surface area contributed by atoms with Gasteiger partial charge in [-0.25, -0.2) is 4.98 Å². The third kappa shape index (κ3) is 1.28. The molecule has 2 aromatic heterocycles. The van der Waals surface area contributed by atoms with Crippen molar-refractivity contribution in [2.24, 2.45) is 0 Å². The summed E-state index contributed by atoms with van der Waals surface area (Å²) in [6, 6.07) is 2.04. The summed E-state index contributed by atoms with van der Waals surface area (Å²) in [5.74, 6) is 0.802. The molecule has 3 heteroatoms. The zero-order valence-electron chi connectivity index (χ0n) is 6.78. The van der Waals surface area contributed by atoms with Crippen LogP contribution in [0.25, 0.3) is 11.3 Å². The molecule has 0 radical (unpaired) electrons. The molecule has 0 atom stereocenters. The van der Waals surface area contributed by atoms with Gasteiger partial charge in [0.15, 0.2) is 5.89 Å². The zero-order valence-corrected chi connectivity index (χ0v) is 7.60. The first-order valence-corrected chi connectivity index (χ1v) is 4.81. The Balaban J connectivity index is 2.35. The van der Waals surface area contributed by atoms with Crippen LogP contribution in [0, 0.1) is 0 Å². The number of nitrogens with zero attached hydrogens (tertiary/aromatic N) is 1. The third-order valence-corrected chi connectivity index (χ3v) is 2.35. The molecule has 0 aromatic carbocycles. The topological polar surface area (TPSA) is 26.0 Å². The van der Waals surface area contributed by atoms with Gasteiger partial charge in [0.1, 0.15) is 12.0 Å². The van der Waals surface area contributed by atoms with Crippen molar-refractivity contribution in [1.82, 2.24) is 4.98 Å². The zero-order chi connectivity index (χ0) is 8.39. The van der Waals surface area contributed by atoms with E-state index in [0.29, 0.717) is 0 Å². The molecule has 0 aliphatic carbocycles. The van der Waals surface area contributed by atoms with E-state index >= 15 is 0 Å². The molecule has 2 nitrogen and oxygen atoms in total. The van der Waals surface area contributed by atoms with Crippen molar-refractivity contribution < 1.29 is 4.42 Å². The van der Waals surface area contributed by atoms with Gasteiger partial charge in [-0.3, -0.25) is 0 Å². The maximum absolute atomic E-state index is 5.23. The van der Waals surface area contributed by atoms with Crippen molar-refractivity contribution in [1.29, 1.82) is 0 Å². The molecule has 0 saturated carbocycles. The molecule has 0 aliphatic heterocycles. The minimum absolute atomic E-state index is 0.802. The highest BCUT2D eigenvalue weighted by atomic mass is 32.1. The smallest absolute Gasteiger partial charge is 0.194 e. The second-order valence-electron chi connectivity index (χ2n) is 2.49. The lowest BCUT2D eigenvalue weighted by molar-refractivity contribution is 0.502. The quantitative estimate of drug-likeness (QED) is 0.708. The standard InChI is InChI=1S/C9H9NOS/c1-2-9-10-8(5-11-9)7-3-4-12-6-7/h3-6H,2H2,1H3. The highest BCUT2D eigenvalue weighted by Gasteiger charge is 2.03. The lowest BCUT2D eigenvalue weighted by Gasteiger charge is -1.84. The summed E-state index contributed by atoms with van der Waals surface area (Å²) in [4.78, 5) is 4.31. The molecule has 0 bridgehead atoms. The molecule has 0 N–H and O–H groups in total. The average molecular weight is 179 g/mol. The fraction of sp³-hybridized carbons (Fsp3) is 0.222. The fourth-order valence-electron chi connectivity index (χ4n) is 1.02. The largest absolute Gasteiger partial charge is 0.448 e. The predicted octanol–water partition coefficient (Wildman–Crippen LogP) is 2.97. The Morgan fingerprint density at radius 3 is 3.08 bits per heavy atom. The number of hydrogen-bond acceptors (Lipinski definition) is 3. The molecule has 0 aliphatic rings. The average Bonchev–Trinajstić information content (AvgIpc) is 2.75. The van der Waals surface area contributed by atoms with Crippen molar-refractivity contribution in [2.75, 3.05) is 0 Å². The van der Waals surface area contributed by atoms with E-state index in [1.54, 1.807) is 17.6 Å². The molecule has 0 fully saturated rings. The van der Waals surface area contributed by atoms with Crippen LogP contribution in [0.1, 0.15) is 12.8 Å². The number of oxazole rings is 1. The number of aromatic nitrogens is 1. The van der Waals surface area contributed by atoms with E-state index in [0.717, 1.165) is 23.6 Å². The molecule has 2 aromatic rings. The molecule has 2 rings (SSSR count). The van der Waals surface area contributed by atoms with Crippen molar-refractivity contribution in [2.45, 2.75) is 13.3 Å². The van der Waals surface area contributed by atoms with Crippen molar-refractivity contribution in [3.8, 4) is 11.3 Å². The van der Waals surface area contributed by atoms with Gasteiger partial charge in [0, 0.05) is 17.4 Å². The Labute approximate surface area is 74.9 Å². The molecular weight excluding hydrogens is 170 g/mol. The Morgan fingerprint density at radius 2 is 2.50 bits per heavy atom. The maximum Gasteiger partial charge on any atom is 0.194 e. The van der Waals surface area contributed by atoms with Gasteiger partial charge in [-0.2, -0.15) is 11.3 Å². The highest BCUT2D eigenvalue weighted by molar-refractivity contribution is 7.08. The third-order valence-electron chi connectivity index (χ3n) is 1.67. The van der Waals surface area contributed by atoms with Crippen LogP contribution < -0.4 is 0 Å². The van der Waals surface area contributed by atoms with Gasteiger partial charge in [-0.1, -0.05) is 6.92 Å². The minimum atomic E-state index is 0.802. The van der Waals surface area contributed by atoms with Gasteiger partial charge < -0.3 is 4.42 Å². The minimum Gasteiger partial charge on any atom is -0.448 e. The number of hydrogen-bond donors (Lipinski definition) is 0. The van der Waals surface area contributed by atoms with Gasteiger partial charge in [-0.05, 0) is 11.4 Å². The Morgan fingerprint density at radius 1 is 1.58 bits per heavy atom. The molecular formula is C9H9NOS. The van der Waals surface area contributed by atoms with E-state index in [-0.39, 0.29) is 0 Å². The molecule has 0 saturated heterocycles. The normalized spacial score (nSPS) is 10.4. The molecule has 0 unspecified atom stereocenters. The van der Waals surface area contributed by atoms with Gasteiger partial charge in [-0.15, -0.1) is 0 Å². The Bertz CT molecular complexity index is 350. The summed E-state index contributed by atoms with van der Waals surface area (Å²) < 4.78 is 5.23. The second-order valence-corrected chi connectivity index (χ2v) is 3.27. The summed E-state index contributed by atoms with van der Waals surface area (Å²) in [7, 11) is 0. The van der Waals surface area contributed by atoms with Crippen LogP contribution in [0.5, 0.6) is 0 Å². The first-order chi connectivity index (χ1) is 5.90. The van der Waals surface area contributed by atoms with E-state index < -0.39 is 0 Å². The monoisotopic (exact) mass is 179 g/mol. The predicted molar refractivity (Wildman–Crippen MR) is 49.2 cm³/mol. The number of rotatable bonds is 2. The van der Waals surface area contributed by atoms with E-state index in [4.69, 9.17) is 4.42 Å². The lowest BCUT2D eigenvalue weighted by atomic mass is 10.3. The summed E-state index contributed by atoms with van der Waals surface area (Å²) in [6.45, 7) is 2.03. The van der Waals surface area contributed by atoms with Crippen LogP contribution in [0.3, 0.4) is 0 Å². The van der Waals surface area contributed by atoms with Crippen molar-refractivity contribution in [3.05, 3.63) is 29.0 Å². The maximum atomic E-state index is 5.23. The van der Waals surface area contributed by atoms with Crippen LogP contribution in [-0.4, -0.2) is 4.98 Å². The molecule has 12 heavy (non-hydrogen) atoms. The fourth-order valence-corrected chi connectivity index (χ4v) is 1.67. The Kier molecular flexibility index (Phi) is 1.96. The van der Waals surface area contributed by atoms with E-state index in [1.165, 1.54) is 0 Å². The highest BCUT2D eigenvalue weighted by Crippen LogP contribution is 2.20.